The van der Waals surface area contributed by atoms with E-state index in [0.29, 0.717) is 18.5 Å². The van der Waals surface area contributed by atoms with Gasteiger partial charge in [0.15, 0.2) is 0 Å². The molecule has 1 saturated heterocycles. The third-order valence-electron chi connectivity index (χ3n) is 6.50. The third-order valence-corrected chi connectivity index (χ3v) is 6.50. The van der Waals surface area contributed by atoms with Crippen molar-refractivity contribution in [1.82, 2.24) is 19.2 Å². The number of carbonyl (C=O) groups is 1. The zero-order chi connectivity index (χ0) is 21.3. The van der Waals surface area contributed by atoms with E-state index in [1.165, 1.54) is 17.5 Å². The molecule has 7 nitrogen and oxygen atoms in total. The van der Waals surface area contributed by atoms with Crippen LogP contribution in [-0.4, -0.2) is 44.8 Å². The van der Waals surface area contributed by atoms with Crippen LogP contribution in [0.2, 0.25) is 0 Å². The van der Waals surface area contributed by atoms with Crippen molar-refractivity contribution in [3.8, 4) is 0 Å². The Labute approximate surface area is 178 Å². The SMILES string of the molecule is Cc1cc(C)cc(NC(=O)CN2CCC(c3nn(C)c(=O)n3C3CCCC3)CC2)c1. The van der Waals surface area contributed by atoms with Crippen LogP contribution in [0.3, 0.4) is 0 Å². The smallest absolute Gasteiger partial charge is 0.325 e. The Kier molecular flexibility index (Phi) is 6.09. The molecule has 1 amide bonds. The summed E-state index contributed by atoms with van der Waals surface area (Å²) in [5.74, 6) is 1.27. The average Bonchev–Trinajstić information content (AvgIpc) is 3.30. The summed E-state index contributed by atoms with van der Waals surface area (Å²) in [6, 6.07) is 6.41. The minimum Gasteiger partial charge on any atom is -0.325 e. The normalized spacial score (nSPS) is 18.8. The fourth-order valence-corrected chi connectivity index (χ4v) is 5.08. The van der Waals surface area contributed by atoms with E-state index >= 15 is 0 Å². The molecule has 2 heterocycles. The molecule has 2 aliphatic rings. The van der Waals surface area contributed by atoms with Crippen LogP contribution in [0.1, 0.15) is 67.4 Å². The lowest BCUT2D eigenvalue weighted by molar-refractivity contribution is -0.117. The Morgan fingerprint density at radius 1 is 1.07 bits per heavy atom. The van der Waals surface area contributed by atoms with Gasteiger partial charge in [0, 0.05) is 24.7 Å². The van der Waals surface area contributed by atoms with Gasteiger partial charge in [0.2, 0.25) is 5.91 Å². The quantitative estimate of drug-likeness (QED) is 0.821. The molecule has 0 bridgehead atoms. The van der Waals surface area contributed by atoms with E-state index in [4.69, 9.17) is 0 Å². The molecule has 2 fully saturated rings. The zero-order valence-electron chi connectivity index (χ0n) is 18.4. The van der Waals surface area contributed by atoms with Crippen LogP contribution < -0.4 is 11.0 Å². The largest absolute Gasteiger partial charge is 0.345 e. The Morgan fingerprint density at radius 2 is 1.70 bits per heavy atom. The topological polar surface area (TPSA) is 72.2 Å². The average molecular weight is 412 g/mol. The number of aromatic nitrogens is 3. The van der Waals surface area contributed by atoms with Crippen LogP contribution in [0.15, 0.2) is 23.0 Å². The minimum absolute atomic E-state index is 0.0205. The second-order valence-corrected chi connectivity index (χ2v) is 9.05. The van der Waals surface area contributed by atoms with Crippen LogP contribution >= 0.6 is 0 Å². The summed E-state index contributed by atoms with van der Waals surface area (Å²) in [5, 5.41) is 7.64. The molecule has 0 atom stereocenters. The first-order valence-corrected chi connectivity index (χ1v) is 11.2. The molecule has 0 spiro atoms. The highest BCUT2D eigenvalue weighted by atomic mass is 16.2. The van der Waals surface area contributed by atoms with E-state index in [0.717, 1.165) is 61.4 Å². The van der Waals surface area contributed by atoms with Gasteiger partial charge < -0.3 is 5.32 Å². The highest BCUT2D eigenvalue weighted by Gasteiger charge is 2.30. The molecule has 30 heavy (non-hydrogen) atoms. The molecule has 0 radical (unpaired) electrons. The number of anilines is 1. The lowest BCUT2D eigenvalue weighted by Gasteiger charge is -2.31. The van der Waals surface area contributed by atoms with Gasteiger partial charge in [-0.3, -0.25) is 14.3 Å². The van der Waals surface area contributed by atoms with Gasteiger partial charge in [-0.05, 0) is 75.9 Å². The molecule has 1 N–H and O–H groups in total. The Bertz CT molecular complexity index is 942. The third kappa shape index (κ3) is 4.51. The van der Waals surface area contributed by atoms with Crippen molar-refractivity contribution >= 4 is 11.6 Å². The first-order chi connectivity index (χ1) is 14.4. The Hall–Kier alpha value is -2.41. The molecule has 7 heteroatoms. The predicted molar refractivity (Wildman–Crippen MR) is 118 cm³/mol. The maximum atomic E-state index is 12.7. The number of carbonyl (C=O) groups excluding carboxylic acids is 1. The fourth-order valence-electron chi connectivity index (χ4n) is 5.08. The van der Waals surface area contributed by atoms with E-state index in [-0.39, 0.29) is 11.6 Å². The molecule has 2 aromatic rings. The molecule has 4 rings (SSSR count). The van der Waals surface area contributed by atoms with E-state index in [2.05, 4.69) is 21.4 Å². The number of aryl methyl sites for hydroxylation is 3. The number of piperidine rings is 1. The van der Waals surface area contributed by atoms with Gasteiger partial charge in [-0.2, -0.15) is 5.10 Å². The number of rotatable bonds is 5. The molecule has 1 aliphatic heterocycles. The highest BCUT2D eigenvalue weighted by Crippen LogP contribution is 2.33. The van der Waals surface area contributed by atoms with Crippen molar-refractivity contribution in [3.63, 3.8) is 0 Å². The van der Waals surface area contributed by atoms with Gasteiger partial charge in [-0.1, -0.05) is 18.9 Å². The van der Waals surface area contributed by atoms with Gasteiger partial charge >= 0.3 is 5.69 Å². The van der Waals surface area contributed by atoms with Gasteiger partial charge in [0.05, 0.1) is 6.54 Å². The number of nitrogens with one attached hydrogen (secondary N) is 1. The lowest BCUT2D eigenvalue weighted by Crippen LogP contribution is -2.39. The van der Waals surface area contributed by atoms with Crippen molar-refractivity contribution in [3.05, 3.63) is 45.6 Å². The van der Waals surface area contributed by atoms with Gasteiger partial charge in [-0.15, -0.1) is 0 Å². The maximum absolute atomic E-state index is 12.7. The number of likely N-dealkylation sites (tertiary alicyclic amines) is 1. The van der Waals surface area contributed by atoms with Crippen molar-refractivity contribution in [2.45, 2.75) is 64.3 Å². The number of hydrogen-bond acceptors (Lipinski definition) is 4. The number of hydrogen-bond donors (Lipinski definition) is 1. The summed E-state index contributed by atoms with van der Waals surface area (Å²) in [5.41, 5.74) is 3.18. The molecular formula is C23H33N5O2. The second kappa shape index (κ2) is 8.76. The number of benzene rings is 1. The van der Waals surface area contributed by atoms with E-state index < -0.39 is 0 Å². The van der Waals surface area contributed by atoms with E-state index in [1.807, 2.05) is 30.5 Å². The van der Waals surface area contributed by atoms with E-state index in [1.54, 1.807) is 7.05 Å². The summed E-state index contributed by atoms with van der Waals surface area (Å²) >= 11 is 0. The van der Waals surface area contributed by atoms with E-state index in [9.17, 15) is 9.59 Å². The van der Waals surface area contributed by atoms with Crippen molar-refractivity contribution in [1.29, 1.82) is 0 Å². The predicted octanol–water partition coefficient (Wildman–Crippen LogP) is 3.13. The maximum Gasteiger partial charge on any atom is 0.345 e. The number of amides is 1. The highest BCUT2D eigenvalue weighted by molar-refractivity contribution is 5.92. The van der Waals surface area contributed by atoms with Crippen molar-refractivity contribution < 1.29 is 4.79 Å². The molecule has 162 valence electrons. The summed E-state index contributed by atoms with van der Waals surface area (Å²) in [6.45, 7) is 6.17. The van der Waals surface area contributed by atoms with Crippen LogP contribution in [0.5, 0.6) is 0 Å². The number of nitrogens with zero attached hydrogens (tertiary/aromatic N) is 4. The summed E-state index contributed by atoms with van der Waals surface area (Å²) in [6.07, 6.45) is 6.41. The zero-order valence-corrected chi connectivity index (χ0v) is 18.4. The fraction of sp³-hybridized carbons (Fsp3) is 0.609. The molecular weight excluding hydrogens is 378 g/mol. The summed E-state index contributed by atoms with van der Waals surface area (Å²) in [4.78, 5) is 27.4. The van der Waals surface area contributed by atoms with Crippen LogP contribution in [0, 0.1) is 13.8 Å². The van der Waals surface area contributed by atoms with Crippen molar-refractivity contribution in [2.24, 2.45) is 7.05 Å². The lowest BCUT2D eigenvalue weighted by atomic mass is 9.95. The van der Waals surface area contributed by atoms with Gasteiger partial charge in [0.25, 0.3) is 0 Å². The second-order valence-electron chi connectivity index (χ2n) is 9.05. The van der Waals surface area contributed by atoms with Crippen molar-refractivity contribution in [2.75, 3.05) is 25.0 Å². The molecule has 1 aromatic heterocycles. The summed E-state index contributed by atoms with van der Waals surface area (Å²) < 4.78 is 3.47. The standard InChI is InChI=1S/C23H33N5O2/c1-16-12-17(2)14-19(13-16)24-21(29)15-27-10-8-18(9-11-27)22-25-26(3)23(30)28(22)20-6-4-5-7-20/h12-14,18,20H,4-11,15H2,1-3H3,(H,24,29). The molecule has 1 saturated carbocycles. The Morgan fingerprint density at radius 3 is 2.33 bits per heavy atom. The van der Waals surface area contributed by atoms with Gasteiger partial charge in [0.1, 0.15) is 5.82 Å². The summed E-state index contributed by atoms with van der Waals surface area (Å²) in [7, 11) is 1.75. The molecule has 1 aliphatic carbocycles. The van der Waals surface area contributed by atoms with Crippen LogP contribution in [0.4, 0.5) is 5.69 Å². The monoisotopic (exact) mass is 411 g/mol. The molecule has 0 unspecified atom stereocenters. The first-order valence-electron chi connectivity index (χ1n) is 11.2. The molecule has 1 aromatic carbocycles. The Balaban J connectivity index is 1.36. The first kappa shape index (κ1) is 20.8. The van der Waals surface area contributed by atoms with Crippen LogP contribution in [-0.2, 0) is 11.8 Å². The minimum atomic E-state index is 0.0205. The van der Waals surface area contributed by atoms with Gasteiger partial charge in [-0.25, -0.2) is 9.48 Å². The van der Waals surface area contributed by atoms with Crippen LogP contribution in [0.25, 0.3) is 0 Å².